The highest BCUT2D eigenvalue weighted by Crippen LogP contribution is 2.27. The van der Waals surface area contributed by atoms with Gasteiger partial charge in [0.15, 0.2) is 5.82 Å². The Kier molecular flexibility index (Phi) is 2.76. The SMILES string of the molecule is CC(C)c1ccnc(N(C)C)c1N. The molecule has 1 aromatic heterocycles. The van der Waals surface area contributed by atoms with E-state index in [4.69, 9.17) is 5.73 Å². The van der Waals surface area contributed by atoms with E-state index in [1.807, 2.05) is 25.1 Å². The summed E-state index contributed by atoms with van der Waals surface area (Å²) in [6.45, 7) is 4.26. The lowest BCUT2D eigenvalue weighted by molar-refractivity contribution is 0.864. The number of pyridine rings is 1. The van der Waals surface area contributed by atoms with E-state index < -0.39 is 0 Å². The van der Waals surface area contributed by atoms with Crippen molar-refractivity contribution in [2.75, 3.05) is 24.7 Å². The van der Waals surface area contributed by atoms with Gasteiger partial charge < -0.3 is 10.6 Å². The summed E-state index contributed by atoms with van der Waals surface area (Å²) in [7, 11) is 3.89. The van der Waals surface area contributed by atoms with Crippen LogP contribution in [0.15, 0.2) is 12.3 Å². The van der Waals surface area contributed by atoms with E-state index in [-0.39, 0.29) is 0 Å². The summed E-state index contributed by atoms with van der Waals surface area (Å²) >= 11 is 0. The molecule has 0 aliphatic rings. The number of hydrogen-bond donors (Lipinski definition) is 1. The van der Waals surface area contributed by atoms with Crippen LogP contribution in [0.3, 0.4) is 0 Å². The van der Waals surface area contributed by atoms with Gasteiger partial charge in [0.1, 0.15) is 0 Å². The summed E-state index contributed by atoms with van der Waals surface area (Å²) in [6.07, 6.45) is 1.81. The predicted molar refractivity (Wildman–Crippen MR) is 57.1 cm³/mol. The molecule has 0 radical (unpaired) electrons. The molecular formula is C10H17N3. The third-order valence-electron chi connectivity index (χ3n) is 2.05. The third kappa shape index (κ3) is 1.91. The highest BCUT2D eigenvalue weighted by Gasteiger charge is 2.09. The van der Waals surface area contributed by atoms with Gasteiger partial charge in [0, 0.05) is 20.3 Å². The maximum Gasteiger partial charge on any atom is 0.151 e. The number of aromatic nitrogens is 1. The second kappa shape index (κ2) is 3.64. The van der Waals surface area contributed by atoms with Crippen LogP contribution in [0.5, 0.6) is 0 Å². The monoisotopic (exact) mass is 179 g/mol. The minimum absolute atomic E-state index is 0.446. The number of nitrogens with zero attached hydrogens (tertiary/aromatic N) is 2. The Hall–Kier alpha value is -1.25. The van der Waals surface area contributed by atoms with Gasteiger partial charge in [-0.25, -0.2) is 4.98 Å². The molecule has 0 saturated heterocycles. The van der Waals surface area contributed by atoms with Crippen LogP contribution in [-0.4, -0.2) is 19.1 Å². The van der Waals surface area contributed by atoms with Crippen LogP contribution in [-0.2, 0) is 0 Å². The average Bonchev–Trinajstić information content (AvgIpc) is 2.03. The summed E-state index contributed by atoms with van der Waals surface area (Å²) in [5, 5.41) is 0. The van der Waals surface area contributed by atoms with E-state index in [0.717, 1.165) is 11.5 Å². The zero-order chi connectivity index (χ0) is 10.0. The molecule has 0 atom stereocenters. The molecule has 3 nitrogen and oxygen atoms in total. The summed E-state index contributed by atoms with van der Waals surface area (Å²) < 4.78 is 0. The second-order valence-electron chi connectivity index (χ2n) is 3.69. The van der Waals surface area contributed by atoms with E-state index in [2.05, 4.69) is 18.8 Å². The summed E-state index contributed by atoms with van der Waals surface area (Å²) in [5.74, 6) is 1.30. The number of nitrogens with two attached hydrogens (primary N) is 1. The molecular weight excluding hydrogens is 162 g/mol. The van der Waals surface area contributed by atoms with E-state index in [1.54, 1.807) is 6.20 Å². The van der Waals surface area contributed by atoms with Crippen molar-refractivity contribution in [1.29, 1.82) is 0 Å². The lowest BCUT2D eigenvalue weighted by atomic mass is 10.0. The van der Waals surface area contributed by atoms with Crippen LogP contribution in [0.1, 0.15) is 25.3 Å². The van der Waals surface area contributed by atoms with Gasteiger partial charge in [-0.1, -0.05) is 13.8 Å². The zero-order valence-electron chi connectivity index (χ0n) is 8.70. The highest BCUT2D eigenvalue weighted by atomic mass is 15.1. The van der Waals surface area contributed by atoms with Crippen molar-refractivity contribution in [3.63, 3.8) is 0 Å². The van der Waals surface area contributed by atoms with Crippen LogP contribution in [0.2, 0.25) is 0 Å². The molecule has 0 saturated carbocycles. The fourth-order valence-electron chi connectivity index (χ4n) is 1.34. The number of hydrogen-bond acceptors (Lipinski definition) is 3. The Morgan fingerprint density at radius 1 is 1.38 bits per heavy atom. The Balaban J connectivity index is 3.18. The van der Waals surface area contributed by atoms with Gasteiger partial charge in [-0.05, 0) is 17.5 Å². The zero-order valence-corrected chi connectivity index (χ0v) is 8.70. The molecule has 0 bridgehead atoms. The van der Waals surface area contributed by atoms with Crippen LogP contribution in [0.25, 0.3) is 0 Å². The Labute approximate surface area is 79.6 Å². The molecule has 1 aromatic rings. The molecule has 0 aliphatic carbocycles. The topological polar surface area (TPSA) is 42.2 Å². The largest absolute Gasteiger partial charge is 0.396 e. The molecule has 72 valence electrons. The molecule has 0 spiro atoms. The Morgan fingerprint density at radius 3 is 2.46 bits per heavy atom. The van der Waals surface area contributed by atoms with Crippen molar-refractivity contribution < 1.29 is 0 Å². The molecule has 0 unspecified atom stereocenters. The first-order chi connectivity index (χ1) is 6.04. The normalized spacial score (nSPS) is 10.5. The molecule has 3 heteroatoms. The van der Waals surface area contributed by atoms with Crippen molar-refractivity contribution in [2.24, 2.45) is 0 Å². The third-order valence-corrected chi connectivity index (χ3v) is 2.05. The van der Waals surface area contributed by atoms with Gasteiger partial charge in [0.25, 0.3) is 0 Å². The van der Waals surface area contributed by atoms with Gasteiger partial charge >= 0.3 is 0 Å². The highest BCUT2D eigenvalue weighted by molar-refractivity contribution is 5.66. The van der Waals surface area contributed by atoms with Crippen LogP contribution in [0, 0.1) is 0 Å². The lowest BCUT2D eigenvalue weighted by Gasteiger charge is -2.17. The smallest absolute Gasteiger partial charge is 0.151 e. The fourth-order valence-corrected chi connectivity index (χ4v) is 1.34. The number of anilines is 2. The summed E-state index contributed by atoms with van der Waals surface area (Å²) in [4.78, 5) is 6.15. The molecule has 13 heavy (non-hydrogen) atoms. The van der Waals surface area contributed by atoms with Crippen LogP contribution in [0.4, 0.5) is 11.5 Å². The maximum absolute atomic E-state index is 5.98. The van der Waals surface area contributed by atoms with Gasteiger partial charge in [-0.15, -0.1) is 0 Å². The Bertz CT molecular complexity index is 266. The van der Waals surface area contributed by atoms with Crippen molar-refractivity contribution in [3.05, 3.63) is 17.8 Å². The van der Waals surface area contributed by atoms with E-state index in [0.29, 0.717) is 5.92 Å². The van der Waals surface area contributed by atoms with Crippen LogP contribution >= 0.6 is 0 Å². The first-order valence-corrected chi connectivity index (χ1v) is 4.45. The quantitative estimate of drug-likeness (QED) is 0.753. The predicted octanol–water partition coefficient (Wildman–Crippen LogP) is 1.85. The van der Waals surface area contributed by atoms with Crippen molar-refractivity contribution >= 4 is 11.5 Å². The second-order valence-corrected chi connectivity index (χ2v) is 3.69. The van der Waals surface area contributed by atoms with Crippen molar-refractivity contribution in [3.8, 4) is 0 Å². The first-order valence-electron chi connectivity index (χ1n) is 4.45. The van der Waals surface area contributed by atoms with E-state index >= 15 is 0 Å². The van der Waals surface area contributed by atoms with Gasteiger partial charge in [-0.3, -0.25) is 0 Å². The molecule has 1 rings (SSSR count). The molecule has 2 N–H and O–H groups in total. The summed E-state index contributed by atoms with van der Waals surface area (Å²) in [5.41, 5.74) is 7.94. The van der Waals surface area contributed by atoms with E-state index in [1.165, 1.54) is 5.56 Å². The lowest BCUT2D eigenvalue weighted by Crippen LogP contribution is -2.14. The van der Waals surface area contributed by atoms with Gasteiger partial charge in [-0.2, -0.15) is 0 Å². The fraction of sp³-hybridized carbons (Fsp3) is 0.500. The minimum Gasteiger partial charge on any atom is -0.396 e. The number of nitrogen functional groups attached to an aromatic ring is 1. The Morgan fingerprint density at radius 2 is 2.00 bits per heavy atom. The number of rotatable bonds is 2. The molecule has 0 aliphatic heterocycles. The van der Waals surface area contributed by atoms with Crippen LogP contribution < -0.4 is 10.6 Å². The van der Waals surface area contributed by atoms with Gasteiger partial charge in [0.2, 0.25) is 0 Å². The van der Waals surface area contributed by atoms with Gasteiger partial charge in [0.05, 0.1) is 5.69 Å². The van der Waals surface area contributed by atoms with E-state index in [9.17, 15) is 0 Å². The standard InChI is InChI=1S/C10H17N3/c1-7(2)8-5-6-12-10(9(8)11)13(3)4/h5-7H,11H2,1-4H3. The summed E-state index contributed by atoms with van der Waals surface area (Å²) in [6, 6.07) is 1.98. The van der Waals surface area contributed by atoms with Crippen molar-refractivity contribution in [2.45, 2.75) is 19.8 Å². The molecule has 0 aromatic carbocycles. The molecule has 0 fully saturated rings. The maximum atomic E-state index is 5.98. The molecule has 1 heterocycles. The first kappa shape index (κ1) is 9.84. The van der Waals surface area contributed by atoms with Crippen molar-refractivity contribution in [1.82, 2.24) is 4.98 Å². The molecule has 0 amide bonds. The minimum atomic E-state index is 0.446. The average molecular weight is 179 g/mol.